The second-order valence-corrected chi connectivity index (χ2v) is 4.52. The second kappa shape index (κ2) is 5.09. The lowest BCUT2D eigenvalue weighted by molar-refractivity contribution is -0.137. The second-order valence-electron chi connectivity index (χ2n) is 4.52. The highest BCUT2D eigenvalue weighted by atomic mass is 19.4. The number of hydrogen-bond acceptors (Lipinski definition) is 2. The van der Waals surface area contributed by atoms with Gasteiger partial charge in [-0.05, 0) is 17.7 Å². The third-order valence-corrected chi connectivity index (χ3v) is 3.14. The summed E-state index contributed by atoms with van der Waals surface area (Å²) in [5, 5.41) is 3.94. The van der Waals surface area contributed by atoms with Gasteiger partial charge in [0.25, 0.3) is 0 Å². The Morgan fingerprint density at radius 3 is 2.10 bits per heavy atom. The van der Waals surface area contributed by atoms with Gasteiger partial charge in [-0.1, -0.05) is 47.6 Å². The van der Waals surface area contributed by atoms with Crippen molar-refractivity contribution in [3.05, 3.63) is 66.4 Å². The van der Waals surface area contributed by atoms with Crippen LogP contribution in [-0.4, -0.2) is 5.16 Å². The first-order chi connectivity index (χ1) is 10.1. The first-order valence-electron chi connectivity index (χ1n) is 6.23. The van der Waals surface area contributed by atoms with E-state index >= 15 is 0 Å². The van der Waals surface area contributed by atoms with Crippen molar-refractivity contribution < 1.29 is 17.7 Å². The van der Waals surface area contributed by atoms with Crippen LogP contribution in [0.1, 0.15) is 5.56 Å². The van der Waals surface area contributed by atoms with Gasteiger partial charge in [-0.3, -0.25) is 0 Å². The zero-order valence-electron chi connectivity index (χ0n) is 10.8. The SMILES string of the molecule is FC(F)(F)c1ccc(-c2conc2-c2ccccc2)cc1. The molecule has 0 saturated carbocycles. The predicted molar refractivity (Wildman–Crippen MR) is 72.4 cm³/mol. The van der Waals surface area contributed by atoms with Gasteiger partial charge in [0.1, 0.15) is 12.0 Å². The number of alkyl halides is 3. The van der Waals surface area contributed by atoms with Gasteiger partial charge >= 0.3 is 6.18 Å². The van der Waals surface area contributed by atoms with Crippen LogP contribution in [0.2, 0.25) is 0 Å². The van der Waals surface area contributed by atoms with E-state index in [1.807, 2.05) is 30.3 Å². The fourth-order valence-electron chi connectivity index (χ4n) is 2.08. The van der Waals surface area contributed by atoms with E-state index in [1.165, 1.54) is 18.4 Å². The third-order valence-electron chi connectivity index (χ3n) is 3.14. The summed E-state index contributed by atoms with van der Waals surface area (Å²) < 4.78 is 42.7. The lowest BCUT2D eigenvalue weighted by atomic mass is 10.0. The lowest BCUT2D eigenvalue weighted by Gasteiger charge is -2.07. The molecule has 106 valence electrons. The third kappa shape index (κ3) is 2.67. The first kappa shape index (κ1) is 13.4. The smallest absolute Gasteiger partial charge is 0.363 e. The molecule has 0 amide bonds. The number of nitrogens with zero attached hydrogens (tertiary/aromatic N) is 1. The fourth-order valence-corrected chi connectivity index (χ4v) is 2.08. The Balaban J connectivity index is 2.01. The quantitative estimate of drug-likeness (QED) is 0.661. The van der Waals surface area contributed by atoms with Crippen LogP contribution >= 0.6 is 0 Å². The number of hydrogen-bond donors (Lipinski definition) is 0. The zero-order chi connectivity index (χ0) is 14.9. The minimum absolute atomic E-state index is 0.607. The highest BCUT2D eigenvalue weighted by Crippen LogP contribution is 2.34. The summed E-state index contributed by atoms with van der Waals surface area (Å²) in [5.74, 6) is 0. The maximum Gasteiger partial charge on any atom is 0.416 e. The van der Waals surface area contributed by atoms with Crippen molar-refractivity contribution in [1.82, 2.24) is 5.16 Å². The molecule has 0 N–H and O–H groups in total. The Bertz CT molecular complexity index is 730. The molecule has 0 spiro atoms. The van der Waals surface area contributed by atoms with Crippen LogP contribution in [0.4, 0.5) is 13.2 Å². The molecule has 3 aromatic rings. The molecular weight excluding hydrogens is 279 g/mol. The molecule has 0 radical (unpaired) electrons. The van der Waals surface area contributed by atoms with Crippen molar-refractivity contribution >= 4 is 0 Å². The highest BCUT2D eigenvalue weighted by molar-refractivity contribution is 5.79. The van der Waals surface area contributed by atoms with Crippen molar-refractivity contribution in [3.63, 3.8) is 0 Å². The average Bonchev–Trinajstić information content (AvgIpc) is 2.97. The topological polar surface area (TPSA) is 26.0 Å². The van der Waals surface area contributed by atoms with Crippen LogP contribution in [0.25, 0.3) is 22.4 Å². The number of halogens is 3. The summed E-state index contributed by atoms with van der Waals surface area (Å²) in [6, 6.07) is 14.3. The van der Waals surface area contributed by atoms with Gasteiger partial charge < -0.3 is 4.52 Å². The van der Waals surface area contributed by atoms with E-state index in [4.69, 9.17) is 4.52 Å². The van der Waals surface area contributed by atoms with E-state index in [9.17, 15) is 13.2 Å². The highest BCUT2D eigenvalue weighted by Gasteiger charge is 2.30. The van der Waals surface area contributed by atoms with Crippen molar-refractivity contribution in [2.45, 2.75) is 6.18 Å². The van der Waals surface area contributed by atoms with E-state index in [0.29, 0.717) is 16.8 Å². The van der Waals surface area contributed by atoms with Gasteiger partial charge in [0.05, 0.1) is 5.56 Å². The van der Waals surface area contributed by atoms with Crippen LogP contribution in [-0.2, 0) is 6.18 Å². The van der Waals surface area contributed by atoms with Crippen molar-refractivity contribution in [2.24, 2.45) is 0 Å². The molecule has 3 rings (SSSR count). The van der Waals surface area contributed by atoms with Crippen LogP contribution in [0.3, 0.4) is 0 Å². The van der Waals surface area contributed by atoms with E-state index < -0.39 is 11.7 Å². The lowest BCUT2D eigenvalue weighted by Crippen LogP contribution is -2.03. The molecular formula is C16H10F3NO. The molecule has 0 bridgehead atoms. The number of rotatable bonds is 2. The van der Waals surface area contributed by atoms with Gasteiger partial charge in [0, 0.05) is 11.1 Å². The fraction of sp³-hybridized carbons (Fsp3) is 0.0625. The molecule has 2 nitrogen and oxygen atoms in total. The summed E-state index contributed by atoms with van der Waals surface area (Å²) in [5.41, 5.74) is 2.07. The minimum Gasteiger partial charge on any atom is -0.363 e. The summed E-state index contributed by atoms with van der Waals surface area (Å²) in [4.78, 5) is 0. The molecule has 21 heavy (non-hydrogen) atoms. The van der Waals surface area contributed by atoms with E-state index in [1.54, 1.807) is 0 Å². The standard InChI is InChI=1S/C16H10F3NO/c17-16(18,19)13-8-6-11(7-9-13)14-10-21-20-15(14)12-4-2-1-3-5-12/h1-10H. The van der Waals surface area contributed by atoms with Crippen LogP contribution in [0, 0.1) is 0 Å². The summed E-state index contributed by atoms with van der Waals surface area (Å²) in [7, 11) is 0. The Morgan fingerprint density at radius 2 is 1.48 bits per heavy atom. The molecule has 2 aromatic carbocycles. The predicted octanol–water partition coefficient (Wildman–Crippen LogP) is 5.03. The molecule has 0 aliphatic rings. The number of aromatic nitrogens is 1. The molecule has 0 aliphatic carbocycles. The van der Waals surface area contributed by atoms with Crippen LogP contribution in [0.15, 0.2) is 65.4 Å². The molecule has 1 aromatic heterocycles. The Morgan fingerprint density at radius 1 is 0.810 bits per heavy atom. The monoisotopic (exact) mass is 289 g/mol. The maximum absolute atomic E-state index is 12.6. The minimum atomic E-state index is -4.34. The molecule has 0 unspecified atom stereocenters. The molecule has 5 heteroatoms. The molecule has 0 aliphatic heterocycles. The van der Waals surface area contributed by atoms with Gasteiger partial charge in [-0.2, -0.15) is 13.2 Å². The molecule has 0 saturated heterocycles. The maximum atomic E-state index is 12.6. The Hall–Kier alpha value is -2.56. The molecule has 0 fully saturated rings. The Kier molecular flexibility index (Phi) is 3.25. The zero-order valence-corrected chi connectivity index (χ0v) is 10.8. The van der Waals surface area contributed by atoms with Gasteiger partial charge in [0.2, 0.25) is 0 Å². The van der Waals surface area contributed by atoms with Gasteiger partial charge in [0.15, 0.2) is 0 Å². The number of benzene rings is 2. The summed E-state index contributed by atoms with van der Waals surface area (Å²) >= 11 is 0. The summed E-state index contributed by atoms with van der Waals surface area (Å²) in [6.07, 6.45) is -2.90. The average molecular weight is 289 g/mol. The van der Waals surface area contributed by atoms with Gasteiger partial charge in [-0.15, -0.1) is 0 Å². The normalized spacial score (nSPS) is 11.6. The van der Waals surface area contributed by atoms with Crippen molar-refractivity contribution in [2.75, 3.05) is 0 Å². The van der Waals surface area contributed by atoms with E-state index in [-0.39, 0.29) is 0 Å². The largest absolute Gasteiger partial charge is 0.416 e. The van der Waals surface area contributed by atoms with Crippen LogP contribution < -0.4 is 0 Å². The van der Waals surface area contributed by atoms with Crippen molar-refractivity contribution in [1.29, 1.82) is 0 Å². The first-order valence-corrected chi connectivity index (χ1v) is 6.23. The molecule has 1 heterocycles. The summed E-state index contributed by atoms with van der Waals surface area (Å²) in [6.45, 7) is 0. The van der Waals surface area contributed by atoms with E-state index in [2.05, 4.69) is 5.16 Å². The van der Waals surface area contributed by atoms with E-state index in [0.717, 1.165) is 17.7 Å². The molecule has 0 atom stereocenters. The van der Waals surface area contributed by atoms with Crippen LogP contribution in [0.5, 0.6) is 0 Å². The Labute approximate surface area is 118 Å². The van der Waals surface area contributed by atoms with Gasteiger partial charge in [-0.25, -0.2) is 0 Å². The van der Waals surface area contributed by atoms with Crippen molar-refractivity contribution in [3.8, 4) is 22.4 Å².